The normalized spacial score (nSPS) is 11.5. The predicted molar refractivity (Wildman–Crippen MR) is 91.0 cm³/mol. The summed E-state index contributed by atoms with van der Waals surface area (Å²) in [6, 6.07) is 10.6. The molecule has 0 fully saturated rings. The summed E-state index contributed by atoms with van der Waals surface area (Å²) in [5, 5.41) is 4.97. The fraction of sp³-hybridized carbons (Fsp3) is 0.222. The Morgan fingerprint density at radius 2 is 1.76 bits per heavy atom. The van der Waals surface area contributed by atoms with Gasteiger partial charge in [0, 0.05) is 20.2 Å². The fourth-order valence-electron chi connectivity index (χ4n) is 2.20. The summed E-state index contributed by atoms with van der Waals surface area (Å²) in [4.78, 5) is 25.6. The topological polar surface area (TPSA) is 61.4 Å². The van der Waals surface area contributed by atoms with E-state index in [-0.39, 0.29) is 18.0 Å². The van der Waals surface area contributed by atoms with Gasteiger partial charge in [0.05, 0.1) is 18.2 Å². The summed E-state index contributed by atoms with van der Waals surface area (Å²) in [6.45, 7) is 0. The van der Waals surface area contributed by atoms with Crippen molar-refractivity contribution in [2.45, 2.75) is 12.5 Å². The predicted octanol–water partition coefficient (Wildman–Crippen LogP) is 3.31. The smallest absolute Gasteiger partial charge is 0.319 e. The zero-order chi connectivity index (χ0) is 18.4. The molecule has 1 atom stereocenters. The molecule has 0 saturated heterocycles. The third kappa shape index (κ3) is 5.27. The molecule has 0 radical (unpaired) electrons. The molecule has 25 heavy (non-hydrogen) atoms. The second-order valence-corrected chi connectivity index (χ2v) is 5.68. The van der Waals surface area contributed by atoms with Crippen LogP contribution in [0.15, 0.2) is 48.5 Å². The zero-order valence-corrected chi connectivity index (χ0v) is 13.9. The number of amides is 3. The van der Waals surface area contributed by atoms with E-state index in [1.165, 1.54) is 4.90 Å². The van der Waals surface area contributed by atoms with Crippen molar-refractivity contribution in [3.63, 3.8) is 0 Å². The Morgan fingerprint density at radius 1 is 1.08 bits per heavy atom. The van der Waals surface area contributed by atoms with Crippen molar-refractivity contribution < 1.29 is 18.4 Å². The minimum atomic E-state index is -0.879. The van der Waals surface area contributed by atoms with Crippen LogP contribution in [0.2, 0.25) is 0 Å². The van der Waals surface area contributed by atoms with Gasteiger partial charge in [0.15, 0.2) is 0 Å². The molecule has 2 rings (SSSR count). The molecule has 132 valence electrons. The standard InChI is InChI=1S/C18H19F2N3O2/c1-23(2)17(24)11-16(12-6-4-3-5-7-12)22-18(25)21-15-9-8-13(19)10-14(15)20/h3-10,16H,11H2,1-2H3,(H2,21,22,25). The Hall–Kier alpha value is -2.96. The van der Waals surface area contributed by atoms with Crippen LogP contribution in [0.5, 0.6) is 0 Å². The Kier molecular flexibility index (Phi) is 6.05. The van der Waals surface area contributed by atoms with E-state index in [1.807, 2.05) is 6.07 Å². The van der Waals surface area contributed by atoms with E-state index in [9.17, 15) is 18.4 Å². The molecule has 2 aromatic rings. The van der Waals surface area contributed by atoms with Gasteiger partial charge in [-0.25, -0.2) is 13.6 Å². The summed E-state index contributed by atoms with van der Waals surface area (Å²) < 4.78 is 26.6. The molecule has 5 nitrogen and oxygen atoms in total. The van der Waals surface area contributed by atoms with Crippen LogP contribution in [0.3, 0.4) is 0 Å². The van der Waals surface area contributed by atoms with Gasteiger partial charge in [-0.1, -0.05) is 30.3 Å². The third-order valence-electron chi connectivity index (χ3n) is 3.56. The summed E-state index contributed by atoms with van der Waals surface area (Å²) in [6.07, 6.45) is 0.0519. The summed E-state index contributed by atoms with van der Waals surface area (Å²) >= 11 is 0. The van der Waals surface area contributed by atoms with Crippen molar-refractivity contribution >= 4 is 17.6 Å². The van der Waals surface area contributed by atoms with Crippen molar-refractivity contribution in [3.8, 4) is 0 Å². The monoisotopic (exact) mass is 347 g/mol. The van der Waals surface area contributed by atoms with Crippen LogP contribution in [0.1, 0.15) is 18.0 Å². The van der Waals surface area contributed by atoms with Crippen LogP contribution in [0.4, 0.5) is 19.3 Å². The van der Waals surface area contributed by atoms with Crippen molar-refractivity contribution in [1.82, 2.24) is 10.2 Å². The van der Waals surface area contributed by atoms with E-state index in [0.29, 0.717) is 6.07 Å². The molecule has 3 amide bonds. The number of urea groups is 1. The van der Waals surface area contributed by atoms with Gasteiger partial charge in [-0.15, -0.1) is 0 Å². The lowest BCUT2D eigenvalue weighted by molar-refractivity contribution is -0.129. The van der Waals surface area contributed by atoms with Crippen molar-refractivity contribution in [2.24, 2.45) is 0 Å². The van der Waals surface area contributed by atoms with Crippen molar-refractivity contribution in [2.75, 3.05) is 19.4 Å². The molecule has 0 aliphatic rings. The summed E-state index contributed by atoms with van der Waals surface area (Å²) in [5.74, 6) is -1.78. The lowest BCUT2D eigenvalue weighted by Gasteiger charge is -2.21. The average molecular weight is 347 g/mol. The lowest BCUT2D eigenvalue weighted by atomic mass is 10.0. The molecular formula is C18H19F2N3O2. The van der Waals surface area contributed by atoms with E-state index in [1.54, 1.807) is 38.4 Å². The van der Waals surface area contributed by atoms with Crippen molar-refractivity contribution in [3.05, 3.63) is 65.7 Å². The number of rotatable bonds is 5. The van der Waals surface area contributed by atoms with Gasteiger partial charge in [0.1, 0.15) is 11.6 Å². The number of nitrogens with zero attached hydrogens (tertiary/aromatic N) is 1. The molecule has 1 unspecified atom stereocenters. The molecule has 0 bridgehead atoms. The molecule has 0 aromatic heterocycles. The van der Waals surface area contributed by atoms with E-state index < -0.39 is 23.7 Å². The van der Waals surface area contributed by atoms with E-state index in [0.717, 1.165) is 17.7 Å². The first kappa shape index (κ1) is 18.4. The Bertz CT molecular complexity index is 751. The highest BCUT2D eigenvalue weighted by atomic mass is 19.1. The molecule has 0 saturated carbocycles. The molecular weight excluding hydrogens is 328 g/mol. The minimum Gasteiger partial charge on any atom is -0.349 e. The van der Waals surface area contributed by atoms with Gasteiger partial charge >= 0.3 is 6.03 Å². The van der Waals surface area contributed by atoms with Gasteiger partial charge in [-0.3, -0.25) is 4.79 Å². The maximum atomic E-state index is 13.6. The van der Waals surface area contributed by atoms with E-state index >= 15 is 0 Å². The number of halogens is 2. The van der Waals surface area contributed by atoms with Crippen LogP contribution < -0.4 is 10.6 Å². The second-order valence-electron chi connectivity index (χ2n) is 5.68. The first-order chi connectivity index (χ1) is 11.9. The third-order valence-corrected chi connectivity index (χ3v) is 3.56. The van der Waals surface area contributed by atoms with Gasteiger partial charge in [0.2, 0.25) is 5.91 Å². The average Bonchev–Trinajstić information content (AvgIpc) is 2.57. The Morgan fingerprint density at radius 3 is 2.36 bits per heavy atom. The number of nitrogens with one attached hydrogen (secondary N) is 2. The molecule has 7 heteroatoms. The zero-order valence-electron chi connectivity index (χ0n) is 13.9. The summed E-state index contributed by atoms with van der Waals surface area (Å²) in [5.41, 5.74) is 0.595. The number of hydrogen-bond acceptors (Lipinski definition) is 2. The molecule has 2 N–H and O–H groups in total. The van der Waals surface area contributed by atoms with Crippen LogP contribution in [0.25, 0.3) is 0 Å². The highest BCUT2D eigenvalue weighted by Gasteiger charge is 2.20. The SMILES string of the molecule is CN(C)C(=O)CC(NC(=O)Nc1ccc(F)cc1F)c1ccccc1. The van der Waals surface area contributed by atoms with Crippen LogP contribution in [0, 0.1) is 11.6 Å². The number of carbonyl (C=O) groups excluding carboxylic acids is 2. The summed E-state index contributed by atoms with van der Waals surface area (Å²) in [7, 11) is 3.25. The van der Waals surface area contributed by atoms with E-state index in [4.69, 9.17) is 0 Å². The molecule has 0 spiro atoms. The van der Waals surface area contributed by atoms with Gasteiger partial charge < -0.3 is 15.5 Å². The lowest BCUT2D eigenvalue weighted by Crippen LogP contribution is -2.36. The number of benzene rings is 2. The van der Waals surface area contributed by atoms with E-state index in [2.05, 4.69) is 10.6 Å². The van der Waals surface area contributed by atoms with Crippen molar-refractivity contribution in [1.29, 1.82) is 0 Å². The highest BCUT2D eigenvalue weighted by Crippen LogP contribution is 2.19. The first-order valence-electron chi connectivity index (χ1n) is 7.64. The Balaban J connectivity index is 2.12. The van der Waals surface area contributed by atoms with Crippen LogP contribution in [-0.4, -0.2) is 30.9 Å². The maximum Gasteiger partial charge on any atom is 0.319 e. The molecule has 0 heterocycles. The van der Waals surface area contributed by atoms with Crippen LogP contribution >= 0.6 is 0 Å². The number of hydrogen-bond donors (Lipinski definition) is 2. The highest BCUT2D eigenvalue weighted by molar-refractivity contribution is 5.90. The quantitative estimate of drug-likeness (QED) is 0.872. The minimum absolute atomic E-state index is 0.0519. The number of carbonyl (C=O) groups is 2. The molecule has 2 aromatic carbocycles. The Labute approximate surface area is 144 Å². The maximum absolute atomic E-state index is 13.6. The number of anilines is 1. The molecule has 0 aliphatic heterocycles. The largest absolute Gasteiger partial charge is 0.349 e. The van der Waals surface area contributed by atoms with Crippen LogP contribution in [-0.2, 0) is 4.79 Å². The van der Waals surface area contributed by atoms with Gasteiger partial charge in [-0.05, 0) is 17.7 Å². The van der Waals surface area contributed by atoms with Gasteiger partial charge in [0.25, 0.3) is 0 Å². The fourth-order valence-corrected chi connectivity index (χ4v) is 2.20. The first-order valence-corrected chi connectivity index (χ1v) is 7.64. The van der Waals surface area contributed by atoms with Gasteiger partial charge in [-0.2, -0.15) is 0 Å². The second kappa shape index (κ2) is 8.23. The molecule has 0 aliphatic carbocycles.